The second-order valence-electron chi connectivity index (χ2n) is 6.44. The second kappa shape index (κ2) is 6.95. The number of amides is 1. The topological polar surface area (TPSA) is 61.8 Å². The summed E-state index contributed by atoms with van der Waals surface area (Å²) in [6.07, 6.45) is 4.17. The molecule has 3 rings (SSSR count). The molecular weight excluding hydrogens is 299 g/mol. The number of carbonyl (C=O) groups excluding carboxylic acids is 1. The Morgan fingerprint density at radius 2 is 2.30 bits per heavy atom. The monoisotopic (exact) mass is 322 g/mol. The summed E-state index contributed by atoms with van der Waals surface area (Å²) in [6, 6.07) is 3.40. The van der Waals surface area contributed by atoms with Crippen molar-refractivity contribution in [3.8, 4) is 0 Å². The van der Waals surface area contributed by atoms with E-state index in [-0.39, 0.29) is 11.4 Å². The standard InChI is InChI=1S/C17H23FN2O3/c1-23-7-5-11-2-3-16(11)20-6-4-12-8-13(17(21)19-22)9-15(18)14(12)10-20/h8-9,11,16,22H,2-7,10H2,1H3,(H,19,21)/t11?,16-/m0/s1. The van der Waals surface area contributed by atoms with E-state index in [9.17, 15) is 9.18 Å². The molecule has 0 aromatic heterocycles. The Labute approximate surface area is 135 Å². The number of benzene rings is 1. The molecule has 0 radical (unpaired) electrons. The van der Waals surface area contributed by atoms with E-state index < -0.39 is 5.91 Å². The SMILES string of the molecule is COCCC1CC[C@@H]1N1CCc2cc(C(=O)NO)cc(F)c2C1. The number of hydroxylamine groups is 1. The molecule has 2 aliphatic rings. The van der Waals surface area contributed by atoms with Crippen LogP contribution in [0.2, 0.25) is 0 Å². The fourth-order valence-corrected chi connectivity index (χ4v) is 3.76. The zero-order chi connectivity index (χ0) is 16.4. The molecule has 2 atom stereocenters. The first-order valence-corrected chi connectivity index (χ1v) is 8.12. The van der Waals surface area contributed by atoms with Gasteiger partial charge in [0.1, 0.15) is 5.82 Å². The molecule has 1 aliphatic carbocycles. The summed E-state index contributed by atoms with van der Waals surface area (Å²) in [5, 5.41) is 8.70. The first-order valence-electron chi connectivity index (χ1n) is 8.12. The van der Waals surface area contributed by atoms with Gasteiger partial charge in [-0.05, 0) is 49.3 Å². The quantitative estimate of drug-likeness (QED) is 0.644. The molecule has 1 aromatic rings. The van der Waals surface area contributed by atoms with Crippen molar-refractivity contribution >= 4 is 5.91 Å². The predicted molar refractivity (Wildman–Crippen MR) is 82.8 cm³/mol. The van der Waals surface area contributed by atoms with Gasteiger partial charge in [-0.2, -0.15) is 0 Å². The molecule has 2 N–H and O–H groups in total. The Balaban J connectivity index is 1.72. The van der Waals surface area contributed by atoms with Crippen molar-refractivity contribution in [3.05, 3.63) is 34.6 Å². The van der Waals surface area contributed by atoms with Crippen molar-refractivity contribution in [2.24, 2.45) is 5.92 Å². The number of rotatable bonds is 5. The van der Waals surface area contributed by atoms with Crippen LogP contribution in [0.4, 0.5) is 4.39 Å². The van der Waals surface area contributed by atoms with E-state index in [1.807, 2.05) is 0 Å². The van der Waals surface area contributed by atoms with E-state index in [1.54, 1.807) is 18.7 Å². The Kier molecular flexibility index (Phi) is 4.94. The molecule has 0 bridgehead atoms. The fraction of sp³-hybridized carbons (Fsp3) is 0.588. The molecule has 0 spiro atoms. The molecule has 0 saturated heterocycles. The molecule has 1 fully saturated rings. The van der Waals surface area contributed by atoms with Crippen LogP contribution < -0.4 is 5.48 Å². The van der Waals surface area contributed by atoms with Crippen LogP contribution in [0.1, 0.15) is 40.7 Å². The Morgan fingerprint density at radius 3 is 2.96 bits per heavy atom. The van der Waals surface area contributed by atoms with E-state index in [0.29, 0.717) is 24.1 Å². The minimum absolute atomic E-state index is 0.166. The van der Waals surface area contributed by atoms with E-state index >= 15 is 0 Å². The summed E-state index contributed by atoms with van der Waals surface area (Å²) in [5.74, 6) is -0.398. The van der Waals surface area contributed by atoms with Gasteiger partial charge in [0.25, 0.3) is 5.91 Å². The van der Waals surface area contributed by atoms with Crippen molar-refractivity contribution in [1.29, 1.82) is 0 Å². The van der Waals surface area contributed by atoms with E-state index in [4.69, 9.17) is 9.94 Å². The van der Waals surface area contributed by atoms with Crippen LogP contribution in [0.3, 0.4) is 0 Å². The first kappa shape index (κ1) is 16.4. The lowest BCUT2D eigenvalue weighted by atomic mass is 9.75. The van der Waals surface area contributed by atoms with Crippen molar-refractivity contribution in [1.82, 2.24) is 10.4 Å². The van der Waals surface area contributed by atoms with Gasteiger partial charge in [0.05, 0.1) is 0 Å². The van der Waals surface area contributed by atoms with Crippen LogP contribution in [0.5, 0.6) is 0 Å². The summed E-state index contributed by atoms with van der Waals surface area (Å²) in [5.41, 5.74) is 3.28. The van der Waals surface area contributed by atoms with Crippen LogP contribution in [0, 0.1) is 11.7 Å². The Hall–Kier alpha value is -1.50. The highest BCUT2D eigenvalue weighted by Gasteiger charge is 2.37. The third kappa shape index (κ3) is 3.24. The van der Waals surface area contributed by atoms with Gasteiger partial charge >= 0.3 is 0 Å². The summed E-state index contributed by atoms with van der Waals surface area (Å²) < 4.78 is 19.5. The molecule has 6 heteroatoms. The summed E-state index contributed by atoms with van der Waals surface area (Å²) in [7, 11) is 1.72. The molecule has 126 valence electrons. The van der Waals surface area contributed by atoms with Crippen molar-refractivity contribution in [2.75, 3.05) is 20.3 Å². The average molecular weight is 322 g/mol. The summed E-state index contributed by atoms with van der Waals surface area (Å²) in [4.78, 5) is 13.8. The highest BCUT2D eigenvalue weighted by Crippen LogP contribution is 2.37. The van der Waals surface area contributed by atoms with Crippen LogP contribution in [-0.4, -0.2) is 42.3 Å². The van der Waals surface area contributed by atoms with Gasteiger partial charge in [-0.1, -0.05) is 0 Å². The van der Waals surface area contributed by atoms with E-state index in [1.165, 1.54) is 12.5 Å². The number of carbonyl (C=O) groups is 1. The second-order valence-corrected chi connectivity index (χ2v) is 6.44. The van der Waals surface area contributed by atoms with Gasteiger partial charge in [-0.25, -0.2) is 9.87 Å². The van der Waals surface area contributed by atoms with Crippen LogP contribution in [0.15, 0.2) is 12.1 Å². The molecule has 1 aromatic carbocycles. The zero-order valence-corrected chi connectivity index (χ0v) is 13.3. The molecule has 1 amide bonds. The number of halogens is 1. The number of ether oxygens (including phenoxy) is 1. The molecule has 1 unspecified atom stereocenters. The molecule has 1 heterocycles. The van der Waals surface area contributed by atoms with Gasteiger partial charge in [0.15, 0.2) is 0 Å². The molecule has 23 heavy (non-hydrogen) atoms. The van der Waals surface area contributed by atoms with Crippen molar-refractivity contribution in [2.45, 2.75) is 38.3 Å². The molecule has 1 saturated carbocycles. The van der Waals surface area contributed by atoms with Crippen LogP contribution in [-0.2, 0) is 17.7 Å². The number of fused-ring (bicyclic) bond motifs is 1. The van der Waals surface area contributed by atoms with Crippen molar-refractivity contribution in [3.63, 3.8) is 0 Å². The maximum Gasteiger partial charge on any atom is 0.274 e. The summed E-state index contributed by atoms with van der Waals surface area (Å²) >= 11 is 0. The maximum atomic E-state index is 14.4. The minimum Gasteiger partial charge on any atom is -0.385 e. The average Bonchev–Trinajstić information content (AvgIpc) is 2.53. The van der Waals surface area contributed by atoms with E-state index in [2.05, 4.69) is 4.90 Å². The molecule has 1 aliphatic heterocycles. The van der Waals surface area contributed by atoms with Gasteiger partial charge < -0.3 is 4.74 Å². The highest BCUT2D eigenvalue weighted by atomic mass is 19.1. The lowest BCUT2D eigenvalue weighted by Gasteiger charge is -2.46. The highest BCUT2D eigenvalue weighted by molar-refractivity contribution is 5.93. The van der Waals surface area contributed by atoms with Crippen LogP contribution in [0.25, 0.3) is 0 Å². The van der Waals surface area contributed by atoms with Gasteiger partial charge in [0, 0.05) is 44.0 Å². The minimum atomic E-state index is -0.673. The number of methoxy groups -OCH3 is 1. The first-order chi connectivity index (χ1) is 11.1. The third-order valence-corrected chi connectivity index (χ3v) is 5.22. The lowest BCUT2D eigenvalue weighted by molar-refractivity contribution is 0.0308. The summed E-state index contributed by atoms with van der Waals surface area (Å²) in [6.45, 7) is 2.25. The third-order valence-electron chi connectivity index (χ3n) is 5.22. The van der Waals surface area contributed by atoms with E-state index in [0.717, 1.165) is 38.0 Å². The number of nitrogens with one attached hydrogen (secondary N) is 1. The Morgan fingerprint density at radius 1 is 1.48 bits per heavy atom. The van der Waals surface area contributed by atoms with Gasteiger partial charge in [-0.15, -0.1) is 0 Å². The maximum absolute atomic E-state index is 14.4. The zero-order valence-electron chi connectivity index (χ0n) is 13.3. The van der Waals surface area contributed by atoms with Gasteiger partial charge in [0.2, 0.25) is 0 Å². The number of hydrogen-bond acceptors (Lipinski definition) is 4. The lowest BCUT2D eigenvalue weighted by Crippen LogP contribution is -2.49. The number of hydrogen-bond donors (Lipinski definition) is 2. The fourth-order valence-electron chi connectivity index (χ4n) is 3.76. The number of nitrogens with zero attached hydrogens (tertiary/aromatic N) is 1. The van der Waals surface area contributed by atoms with Gasteiger partial charge in [-0.3, -0.25) is 14.9 Å². The largest absolute Gasteiger partial charge is 0.385 e. The Bertz CT molecular complexity index is 593. The normalized spacial score (nSPS) is 24.0. The smallest absolute Gasteiger partial charge is 0.274 e. The molecular formula is C17H23FN2O3. The predicted octanol–water partition coefficient (Wildman–Crippen LogP) is 2.12. The van der Waals surface area contributed by atoms with Crippen LogP contribution >= 0.6 is 0 Å². The van der Waals surface area contributed by atoms with Crippen molar-refractivity contribution < 1.29 is 19.1 Å². The molecule has 5 nitrogen and oxygen atoms in total.